The minimum atomic E-state index is -2.42. The average Bonchev–Trinajstić information content (AvgIpc) is 2.45. The van der Waals surface area contributed by atoms with Crippen molar-refractivity contribution in [2.24, 2.45) is 0 Å². The van der Waals surface area contributed by atoms with Crippen LogP contribution in [0.4, 0.5) is 0 Å². The Kier molecular flexibility index (Phi) is 4.71. The Hall–Kier alpha value is 0.0200. The smallest absolute Gasteiger partial charge is 0.230 e. The fourth-order valence-electron chi connectivity index (χ4n) is 2.35. The van der Waals surface area contributed by atoms with E-state index in [2.05, 4.69) is 45.0 Å². The number of benzene rings is 2. The Balaban J connectivity index is 1.82. The van der Waals surface area contributed by atoms with E-state index in [9.17, 15) is 4.57 Å². The van der Waals surface area contributed by atoms with E-state index in [0.29, 0.717) is 0 Å². The topological polar surface area (TPSA) is 17.1 Å². The Morgan fingerprint density at radius 3 is 1.83 bits per heavy atom. The van der Waals surface area contributed by atoms with Gasteiger partial charge in [0.25, 0.3) is 0 Å². The van der Waals surface area contributed by atoms with Crippen LogP contribution in [0.25, 0.3) is 0 Å². The van der Waals surface area contributed by atoms with Gasteiger partial charge in [-0.1, -0.05) is 74.5 Å². The molecule has 0 aromatic heterocycles. The van der Waals surface area contributed by atoms with Crippen LogP contribution in [-0.4, -0.2) is 0 Å². The van der Waals surface area contributed by atoms with Crippen molar-refractivity contribution >= 4 is 54.4 Å². The van der Waals surface area contributed by atoms with Crippen molar-refractivity contribution in [3.8, 4) is 0 Å². The summed E-state index contributed by atoms with van der Waals surface area (Å²) in [4.78, 5) is 0. The minimum Gasteiger partial charge on any atom is -0.295 e. The van der Waals surface area contributed by atoms with Crippen LogP contribution in [0.15, 0.2) is 48.5 Å². The summed E-state index contributed by atoms with van der Waals surface area (Å²) in [5, 5.41) is 2.11. The highest BCUT2D eigenvalue weighted by atomic mass is 33.7. The van der Waals surface area contributed by atoms with Crippen LogP contribution < -0.4 is 10.6 Å². The predicted octanol–water partition coefficient (Wildman–Crippen LogP) is 6.23. The van der Waals surface area contributed by atoms with Gasteiger partial charge in [0.05, 0.1) is 0 Å². The zero-order valence-corrected chi connectivity index (χ0v) is 17.9. The van der Waals surface area contributed by atoms with Crippen molar-refractivity contribution in [1.29, 1.82) is 0 Å². The van der Waals surface area contributed by atoms with Crippen LogP contribution in [0.1, 0.15) is 31.9 Å². The first-order valence-corrected chi connectivity index (χ1v) is 16.0. The number of hydrogen-bond acceptors (Lipinski definition) is 4. The number of rotatable bonds is 2. The zero-order chi connectivity index (χ0) is 16.9. The monoisotopic (exact) mass is 398 g/mol. The van der Waals surface area contributed by atoms with E-state index in [-0.39, 0.29) is 5.41 Å². The molecule has 0 atom stereocenters. The van der Waals surface area contributed by atoms with Crippen molar-refractivity contribution in [3.63, 3.8) is 0 Å². The maximum absolute atomic E-state index is 13.1. The highest BCUT2D eigenvalue weighted by molar-refractivity contribution is 9.44. The molecule has 0 aliphatic carbocycles. The highest BCUT2D eigenvalue weighted by Crippen LogP contribution is 3.03. The second kappa shape index (κ2) is 6.07. The third-order valence-electron chi connectivity index (χ3n) is 3.83. The third kappa shape index (κ3) is 3.53. The maximum Gasteiger partial charge on any atom is 0.230 e. The average molecular weight is 398 g/mol. The van der Waals surface area contributed by atoms with Gasteiger partial charge < -0.3 is 0 Å². The molecule has 0 spiro atoms. The molecule has 1 nitrogen and oxygen atoms in total. The molecule has 1 heterocycles. The predicted molar refractivity (Wildman–Crippen MR) is 113 cm³/mol. The highest BCUT2D eigenvalue weighted by Gasteiger charge is 2.49. The van der Waals surface area contributed by atoms with Gasteiger partial charge in [0, 0.05) is 10.6 Å². The summed E-state index contributed by atoms with van der Waals surface area (Å²) in [6.07, 6.45) is 0. The van der Waals surface area contributed by atoms with Gasteiger partial charge in [-0.2, -0.15) is 0 Å². The van der Waals surface area contributed by atoms with E-state index in [1.54, 1.807) is 22.0 Å². The molecule has 0 amide bonds. The lowest BCUT2D eigenvalue weighted by Crippen LogP contribution is -2.14. The second-order valence-corrected chi connectivity index (χ2v) is 24.8. The van der Waals surface area contributed by atoms with E-state index in [0.717, 1.165) is 5.30 Å². The molecule has 1 fully saturated rings. The van der Waals surface area contributed by atoms with Crippen LogP contribution >= 0.6 is 32.0 Å². The van der Waals surface area contributed by atoms with Gasteiger partial charge in [0.2, 0.25) is 5.55 Å². The third-order valence-corrected chi connectivity index (χ3v) is 30.8. The van der Waals surface area contributed by atoms with Crippen LogP contribution in [0.3, 0.4) is 0 Å². The van der Waals surface area contributed by atoms with E-state index in [1.165, 1.54) is 16.4 Å². The van der Waals surface area contributed by atoms with E-state index in [1.807, 2.05) is 31.2 Å². The Morgan fingerprint density at radius 2 is 1.35 bits per heavy atom. The summed E-state index contributed by atoms with van der Waals surface area (Å²) in [6, 6.07) is 16.6. The van der Waals surface area contributed by atoms with E-state index < -0.39 is 9.99 Å². The van der Waals surface area contributed by atoms with Gasteiger partial charge in [-0.25, -0.2) is 0 Å². The summed E-state index contributed by atoms with van der Waals surface area (Å²) >= 11 is 8.97. The molecule has 0 bridgehead atoms. The molecule has 1 saturated heterocycles. The Morgan fingerprint density at radius 1 is 0.870 bits per heavy atom. The second-order valence-electron chi connectivity index (χ2n) is 6.79. The lowest BCUT2D eigenvalue weighted by atomic mass is 9.87. The minimum absolute atomic E-state index is 0.142. The van der Waals surface area contributed by atoms with Crippen molar-refractivity contribution in [3.05, 3.63) is 59.7 Å². The lowest BCUT2D eigenvalue weighted by molar-refractivity contribution is 0.590. The largest absolute Gasteiger partial charge is 0.295 e. The molecule has 2 aromatic rings. The van der Waals surface area contributed by atoms with Crippen LogP contribution in [0.5, 0.6) is 0 Å². The summed E-state index contributed by atoms with van der Waals surface area (Å²) < 4.78 is 11.3. The van der Waals surface area contributed by atoms with Gasteiger partial charge in [-0.3, -0.25) is 4.57 Å². The lowest BCUT2D eigenvalue weighted by Gasteiger charge is -2.37. The summed E-state index contributed by atoms with van der Waals surface area (Å²) in [6.45, 7) is 8.67. The number of hydrogen-bond donors (Lipinski definition) is 0. The molecule has 122 valence electrons. The van der Waals surface area contributed by atoms with Crippen LogP contribution in [0.2, 0.25) is 0 Å². The van der Waals surface area contributed by atoms with Crippen molar-refractivity contribution in [2.75, 3.05) is 0 Å². The van der Waals surface area contributed by atoms with Crippen molar-refractivity contribution < 1.29 is 4.57 Å². The first kappa shape index (κ1) is 17.8. The maximum atomic E-state index is 13.1. The summed E-state index contributed by atoms with van der Waals surface area (Å²) in [5.74, 6) is 0. The van der Waals surface area contributed by atoms with Gasteiger partial charge in [-0.15, -0.1) is 0 Å². The zero-order valence-electron chi connectivity index (χ0n) is 13.6. The molecule has 0 N–H and O–H groups in total. The van der Waals surface area contributed by atoms with Crippen LogP contribution in [0, 0.1) is 6.92 Å². The van der Waals surface area contributed by atoms with Gasteiger partial charge in [0.1, 0.15) is 4.44 Å². The van der Waals surface area contributed by atoms with Crippen molar-refractivity contribution in [2.45, 2.75) is 33.1 Å². The Bertz CT molecular complexity index is 806. The molecule has 2 aromatic carbocycles. The van der Waals surface area contributed by atoms with Gasteiger partial charge in [0.15, 0.2) is 0 Å². The first-order valence-electron chi connectivity index (χ1n) is 7.44. The summed E-state index contributed by atoms with van der Waals surface area (Å²) in [5.41, 5.74) is 0.217. The normalized spacial score (nSPS) is 27.5. The number of aryl methyl sites for hydroxylation is 1. The molecular formula is C17H20OP2S3. The van der Waals surface area contributed by atoms with E-state index in [4.69, 9.17) is 11.8 Å². The molecule has 0 unspecified atom stereocenters. The first-order chi connectivity index (χ1) is 10.6. The molecule has 1 aliphatic rings. The molecule has 6 heteroatoms. The van der Waals surface area contributed by atoms with Crippen molar-refractivity contribution in [1.82, 2.24) is 0 Å². The molecule has 3 rings (SSSR count). The standard InChI is InChI=1S/C17H20OP2S3/c1-13-5-9-15(10-6-13)19(18)22-20(21,23-19)16-11-7-14(8-12-16)17(2,3)4/h5-12H,1-4H3. The fraction of sp³-hybridized carbons (Fsp3) is 0.294. The molecule has 0 saturated carbocycles. The van der Waals surface area contributed by atoms with Gasteiger partial charge in [-0.05, 0) is 52.0 Å². The van der Waals surface area contributed by atoms with Crippen LogP contribution in [-0.2, 0) is 21.8 Å². The quantitative estimate of drug-likeness (QED) is 0.558. The SMILES string of the molecule is Cc1ccc(P2(=O)SP(=S)(c3ccc(C(C)(C)C)cc3)S2)cc1. The molecular weight excluding hydrogens is 378 g/mol. The Labute approximate surface area is 151 Å². The van der Waals surface area contributed by atoms with Gasteiger partial charge >= 0.3 is 0 Å². The molecule has 1 aliphatic heterocycles. The van der Waals surface area contributed by atoms with E-state index >= 15 is 0 Å². The molecule has 23 heavy (non-hydrogen) atoms. The fourth-order valence-corrected chi connectivity index (χ4v) is 33.6. The molecule has 0 radical (unpaired) electrons. The summed E-state index contributed by atoms with van der Waals surface area (Å²) in [7, 11) is 0.